The van der Waals surface area contributed by atoms with E-state index in [2.05, 4.69) is 0 Å². The molecule has 0 heterocycles. The monoisotopic (exact) mass is 324 g/mol. The van der Waals surface area contributed by atoms with Crippen LogP contribution < -0.4 is 0 Å². The Kier molecular flexibility index (Phi) is 6.01. The molecule has 24 heavy (non-hydrogen) atoms. The van der Waals surface area contributed by atoms with Crippen LogP contribution in [0.25, 0.3) is 0 Å². The second kappa shape index (κ2) is 8.20. The molecule has 0 saturated heterocycles. The zero-order chi connectivity index (χ0) is 17.5. The molecule has 0 spiro atoms. The SMILES string of the molecule is CCOC(=O)CC(=O)C(C)c1ccccc1C(=O)c1ccccc1. The third kappa shape index (κ3) is 4.16. The van der Waals surface area contributed by atoms with Crippen LogP contribution in [0.15, 0.2) is 54.6 Å². The molecule has 0 amide bonds. The predicted octanol–water partition coefficient (Wildman–Crippen LogP) is 3.54. The summed E-state index contributed by atoms with van der Waals surface area (Å²) in [4.78, 5) is 36.6. The maximum absolute atomic E-state index is 12.7. The van der Waals surface area contributed by atoms with E-state index in [1.54, 1.807) is 62.4 Å². The smallest absolute Gasteiger partial charge is 0.313 e. The zero-order valence-electron chi connectivity index (χ0n) is 13.8. The number of Topliss-reactive ketones (excluding diaryl/α,β-unsaturated/α-hetero) is 1. The van der Waals surface area contributed by atoms with Gasteiger partial charge in [-0.25, -0.2) is 0 Å². The number of hydrogen-bond acceptors (Lipinski definition) is 4. The number of carbonyl (C=O) groups is 3. The standard InChI is InChI=1S/C20H20O4/c1-3-24-19(22)13-18(21)14(2)16-11-7-8-12-17(16)20(23)15-9-5-4-6-10-15/h4-12,14H,3,13H2,1-2H3. The van der Waals surface area contributed by atoms with Gasteiger partial charge in [0.05, 0.1) is 6.61 Å². The summed E-state index contributed by atoms with van der Waals surface area (Å²) in [6.07, 6.45) is -0.289. The Morgan fingerprint density at radius 1 is 0.958 bits per heavy atom. The number of rotatable bonds is 7. The fourth-order valence-corrected chi connectivity index (χ4v) is 2.51. The van der Waals surface area contributed by atoms with Crippen LogP contribution in [-0.2, 0) is 14.3 Å². The summed E-state index contributed by atoms with van der Waals surface area (Å²) < 4.78 is 4.82. The van der Waals surface area contributed by atoms with Crippen molar-refractivity contribution < 1.29 is 19.1 Å². The minimum Gasteiger partial charge on any atom is -0.466 e. The van der Waals surface area contributed by atoms with Gasteiger partial charge in [-0.2, -0.15) is 0 Å². The fourth-order valence-electron chi connectivity index (χ4n) is 2.51. The zero-order valence-corrected chi connectivity index (χ0v) is 13.8. The molecule has 2 aromatic carbocycles. The third-order valence-electron chi connectivity index (χ3n) is 3.81. The van der Waals surface area contributed by atoms with Gasteiger partial charge in [-0.3, -0.25) is 14.4 Å². The Balaban J connectivity index is 2.27. The number of ketones is 2. The van der Waals surface area contributed by atoms with E-state index in [4.69, 9.17) is 4.74 Å². The molecule has 0 aromatic heterocycles. The first-order chi connectivity index (χ1) is 11.5. The number of ether oxygens (including phenoxy) is 1. The topological polar surface area (TPSA) is 60.4 Å². The van der Waals surface area contributed by atoms with E-state index < -0.39 is 11.9 Å². The number of benzene rings is 2. The fraction of sp³-hybridized carbons (Fsp3) is 0.250. The molecule has 4 nitrogen and oxygen atoms in total. The quantitative estimate of drug-likeness (QED) is 0.444. The van der Waals surface area contributed by atoms with Crippen molar-refractivity contribution in [1.29, 1.82) is 0 Å². The Bertz CT molecular complexity index is 734. The van der Waals surface area contributed by atoms with Crippen LogP contribution in [-0.4, -0.2) is 24.1 Å². The van der Waals surface area contributed by atoms with E-state index in [1.165, 1.54) is 0 Å². The Morgan fingerprint density at radius 3 is 2.25 bits per heavy atom. The summed E-state index contributed by atoms with van der Waals surface area (Å²) in [5.41, 5.74) is 1.67. The van der Waals surface area contributed by atoms with Crippen molar-refractivity contribution >= 4 is 17.5 Å². The van der Waals surface area contributed by atoms with Gasteiger partial charge < -0.3 is 4.74 Å². The number of esters is 1. The van der Waals surface area contributed by atoms with Gasteiger partial charge in [-0.15, -0.1) is 0 Å². The second-order valence-corrected chi connectivity index (χ2v) is 5.45. The Morgan fingerprint density at radius 2 is 1.58 bits per heavy atom. The van der Waals surface area contributed by atoms with Gasteiger partial charge in [0, 0.05) is 17.0 Å². The molecule has 0 aliphatic rings. The lowest BCUT2D eigenvalue weighted by Gasteiger charge is -2.15. The van der Waals surface area contributed by atoms with E-state index in [0.29, 0.717) is 16.7 Å². The first-order valence-electron chi connectivity index (χ1n) is 7.91. The van der Waals surface area contributed by atoms with Crippen molar-refractivity contribution in [1.82, 2.24) is 0 Å². The van der Waals surface area contributed by atoms with Crippen LogP contribution in [0.1, 0.15) is 47.7 Å². The maximum Gasteiger partial charge on any atom is 0.313 e. The molecule has 0 bridgehead atoms. The van der Waals surface area contributed by atoms with E-state index in [1.807, 2.05) is 6.07 Å². The van der Waals surface area contributed by atoms with Crippen molar-refractivity contribution in [3.05, 3.63) is 71.3 Å². The summed E-state index contributed by atoms with van der Waals surface area (Å²) in [5.74, 6) is -1.50. The molecular formula is C20H20O4. The van der Waals surface area contributed by atoms with Gasteiger partial charge in [0.1, 0.15) is 6.42 Å². The Hall–Kier alpha value is -2.75. The largest absolute Gasteiger partial charge is 0.466 e. The van der Waals surface area contributed by atoms with Crippen LogP contribution in [0, 0.1) is 0 Å². The van der Waals surface area contributed by atoms with Crippen LogP contribution in [0.4, 0.5) is 0 Å². The summed E-state index contributed by atoms with van der Waals surface area (Å²) in [6.45, 7) is 3.64. The van der Waals surface area contributed by atoms with Crippen molar-refractivity contribution in [2.75, 3.05) is 6.61 Å². The number of carbonyl (C=O) groups excluding carboxylic acids is 3. The van der Waals surface area contributed by atoms with Gasteiger partial charge in [0.2, 0.25) is 0 Å². The summed E-state index contributed by atoms with van der Waals surface area (Å²) in [6, 6.07) is 15.9. The lowest BCUT2D eigenvalue weighted by Crippen LogP contribution is -2.18. The average Bonchev–Trinajstić information content (AvgIpc) is 2.61. The van der Waals surface area contributed by atoms with E-state index in [-0.39, 0.29) is 24.6 Å². The molecule has 2 aromatic rings. The minimum absolute atomic E-state index is 0.137. The van der Waals surface area contributed by atoms with Crippen LogP contribution in [0.2, 0.25) is 0 Å². The van der Waals surface area contributed by atoms with E-state index in [0.717, 1.165) is 0 Å². The molecule has 4 heteroatoms. The first kappa shape index (κ1) is 17.6. The Labute approximate surface area is 141 Å². The highest BCUT2D eigenvalue weighted by atomic mass is 16.5. The van der Waals surface area contributed by atoms with Crippen molar-refractivity contribution in [2.45, 2.75) is 26.2 Å². The molecule has 1 atom stereocenters. The van der Waals surface area contributed by atoms with Crippen LogP contribution in [0.5, 0.6) is 0 Å². The van der Waals surface area contributed by atoms with Gasteiger partial charge in [-0.05, 0) is 12.5 Å². The van der Waals surface area contributed by atoms with Crippen molar-refractivity contribution in [3.63, 3.8) is 0 Å². The average molecular weight is 324 g/mol. The lowest BCUT2D eigenvalue weighted by molar-refractivity contribution is -0.145. The first-order valence-corrected chi connectivity index (χ1v) is 7.91. The highest BCUT2D eigenvalue weighted by Crippen LogP contribution is 2.24. The van der Waals surface area contributed by atoms with Gasteiger partial charge in [0.15, 0.2) is 11.6 Å². The molecule has 0 aliphatic heterocycles. The van der Waals surface area contributed by atoms with Crippen LogP contribution >= 0.6 is 0 Å². The molecule has 0 N–H and O–H groups in total. The summed E-state index contributed by atoms with van der Waals surface area (Å²) >= 11 is 0. The number of hydrogen-bond donors (Lipinski definition) is 0. The molecule has 0 radical (unpaired) electrons. The van der Waals surface area contributed by atoms with Crippen molar-refractivity contribution in [2.24, 2.45) is 0 Å². The molecule has 2 rings (SSSR count). The van der Waals surface area contributed by atoms with E-state index >= 15 is 0 Å². The van der Waals surface area contributed by atoms with Crippen LogP contribution in [0.3, 0.4) is 0 Å². The molecule has 0 saturated carbocycles. The summed E-state index contributed by atoms with van der Waals surface area (Å²) in [7, 11) is 0. The predicted molar refractivity (Wildman–Crippen MR) is 91.0 cm³/mol. The second-order valence-electron chi connectivity index (χ2n) is 5.45. The molecule has 124 valence electrons. The maximum atomic E-state index is 12.7. The highest BCUT2D eigenvalue weighted by Gasteiger charge is 2.23. The third-order valence-corrected chi connectivity index (χ3v) is 3.81. The van der Waals surface area contributed by atoms with E-state index in [9.17, 15) is 14.4 Å². The van der Waals surface area contributed by atoms with Gasteiger partial charge in [-0.1, -0.05) is 61.5 Å². The van der Waals surface area contributed by atoms with Gasteiger partial charge >= 0.3 is 5.97 Å². The lowest BCUT2D eigenvalue weighted by atomic mass is 9.88. The van der Waals surface area contributed by atoms with Gasteiger partial charge in [0.25, 0.3) is 0 Å². The van der Waals surface area contributed by atoms with Crippen molar-refractivity contribution in [3.8, 4) is 0 Å². The molecule has 1 unspecified atom stereocenters. The normalized spacial score (nSPS) is 11.6. The minimum atomic E-state index is -0.557. The molecular weight excluding hydrogens is 304 g/mol. The molecule has 0 fully saturated rings. The summed E-state index contributed by atoms with van der Waals surface area (Å²) in [5, 5.41) is 0. The highest BCUT2D eigenvalue weighted by molar-refractivity contribution is 6.11. The molecule has 0 aliphatic carbocycles.